The van der Waals surface area contributed by atoms with Crippen LogP contribution in [-0.4, -0.2) is 64.9 Å². The fourth-order valence-corrected chi connectivity index (χ4v) is 5.23. The highest BCUT2D eigenvalue weighted by Gasteiger charge is 2.46. The average molecular weight is 448 g/mol. The molecule has 1 aromatic rings. The molecule has 1 spiro atoms. The lowest BCUT2D eigenvalue weighted by Crippen LogP contribution is -2.54. The van der Waals surface area contributed by atoms with Crippen LogP contribution in [-0.2, 0) is 4.79 Å². The number of carbonyl (C=O) groups is 1. The van der Waals surface area contributed by atoms with Crippen LogP contribution in [0.1, 0.15) is 44.0 Å². The van der Waals surface area contributed by atoms with Gasteiger partial charge >= 0.3 is 0 Å². The molecule has 0 aromatic carbocycles. The first-order valence-electron chi connectivity index (χ1n) is 12.2. The van der Waals surface area contributed by atoms with Gasteiger partial charge in [0, 0.05) is 56.9 Å². The van der Waals surface area contributed by atoms with Gasteiger partial charge in [-0.2, -0.15) is 0 Å². The molecular weight excluding hydrogens is 410 g/mol. The Labute approximate surface area is 198 Å². The Balaban J connectivity index is 1.47. The maximum atomic E-state index is 13.8. The molecule has 33 heavy (non-hydrogen) atoms. The van der Waals surface area contributed by atoms with Crippen molar-refractivity contribution >= 4 is 11.9 Å². The minimum Gasteiger partial charge on any atom is -0.374 e. The lowest BCUT2D eigenvalue weighted by Gasteiger charge is -2.46. The van der Waals surface area contributed by atoms with E-state index in [0.29, 0.717) is 12.5 Å². The van der Waals surface area contributed by atoms with Crippen molar-refractivity contribution in [3.8, 4) is 0 Å². The predicted molar refractivity (Wildman–Crippen MR) is 134 cm³/mol. The summed E-state index contributed by atoms with van der Waals surface area (Å²) >= 11 is 0. The molecular formula is C27H37N5O. The van der Waals surface area contributed by atoms with Gasteiger partial charge in [0.2, 0.25) is 11.9 Å². The molecule has 2 saturated heterocycles. The van der Waals surface area contributed by atoms with Crippen molar-refractivity contribution in [2.24, 2.45) is 5.41 Å². The molecule has 6 nitrogen and oxygen atoms in total. The van der Waals surface area contributed by atoms with Gasteiger partial charge in [-0.3, -0.25) is 4.79 Å². The quantitative estimate of drug-likeness (QED) is 0.693. The van der Waals surface area contributed by atoms with Crippen molar-refractivity contribution in [3.05, 3.63) is 65.7 Å². The number of likely N-dealkylation sites (tertiary alicyclic amines) is 1. The van der Waals surface area contributed by atoms with E-state index in [1.165, 1.54) is 0 Å². The van der Waals surface area contributed by atoms with E-state index in [2.05, 4.69) is 56.5 Å². The van der Waals surface area contributed by atoms with E-state index in [4.69, 9.17) is 0 Å². The smallest absolute Gasteiger partial charge is 0.229 e. The zero-order valence-electron chi connectivity index (χ0n) is 20.4. The van der Waals surface area contributed by atoms with Crippen molar-refractivity contribution in [3.63, 3.8) is 0 Å². The van der Waals surface area contributed by atoms with Crippen LogP contribution in [0.4, 0.5) is 5.95 Å². The fourth-order valence-electron chi connectivity index (χ4n) is 5.23. The number of aromatic nitrogens is 2. The summed E-state index contributed by atoms with van der Waals surface area (Å²) in [5, 5.41) is 0. The van der Waals surface area contributed by atoms with E-state index < -0.39 is 0 Å². The number of hydrogen-bond acceptors (Lipinski definition) is 5. The zero-order valence-corrected chi connectivity index (χ0v) is 20.4. The molecule has 3 aliphatic rings. The molecule has 176 valence electrons. The number of hydrogen-bond donors (Lipinski definition) is 0. The van der Waals surface area contributed by atoms with Crippen LogP contribution in [0.15, 0.2) is 54.3 Å². The number of likely N-dealkylation sites (N-methyl/N-ethyl adjacent to an activating group) is 1. The lowest BCUT2D eigenvalue weighted by atomic mass is 9.71. The number of piperidine rings is 2. The van der Waals surface area contributed by atoms with Crippen molar-refractivity contribution in [2.75, 3.05) is 44.2 Å². The Hall–Kier alpha value is -2.89. The number of anilines is 1. The van der Waals surface area contributed by atoms with Gasteiger partial charge in [-0.15, -0.1) is 0 Å². The van der Waals surface area contributed by atoms with E-state index in [1.54, 1.807) is 0 Å². The van der Waals surface area contributed by atoms with Crippen LogP contribution in [0, 0.1) is 19.3 Å². The largest absolute Gasteiger partial charge is 0.374 e. The van der Waals surface area contributed by atoms with Gasteiger partial charge in [-0.1, -0.05) is 30.9 Å². The monoisotopic (exact) mass is 447 g/mol. The number of allylic oxidation sites excluding steroid dienone is 3. The fraction of sp³-hybridized carbons (Fsp3) is 0.519. The second-order valence-electron chi connectivity index (χ2n) is 9.60. The normalized spacial score (nSPS) is 23.1. The third-order valence-corrected chi connectivity index (χ3v) is 7.20. The summed E-state index contributed by atoms with van der Waals surface area (Å²) in [4.78, 5) is 29.7. The third-order valence-electron chi connectivity index (χ3n) is 7.20. The van der Waals surface area contributed by atoms with E-state index in [1.807, 2.05) is 32.1 Å². The summed E-state index contributed by atoms with van der Waals surface area (Å²) < 4.78 is 0. The minimum atomic E-state index is -0.254. The Morgan fingerprint density at radius 3 is 2.48 bits per heavy atom. The molecule has 4 rings (SSSR count). The van der Waals surface area contributed by atoms with E-state index in [9.17, 15) is 4.79 Å². The van der Waals surface area contributed by atoms with Gasteiger partial charge in [0.05, 0.1) is 5.41 Å². The third kappa shape index (κ3) is 5.21. The summed E-state index contributed by atoms with van der Waals surface area (Å²) in [5.41, 5.74) is 3.84. The molecule has 0 unspecified atom stereocenters. The zero-order chi connectivity index (χ0) is 23.4. The number of nitrogens with zero attached hydrogens (tertiary/aromatic N) is 5. The summed E-state index contributed by atoms with van der Waals surface area (Å²) in [5.74, 6) is 1.11. The SMILES string of the molecule is C=C1/C=C\C=C/CN(CC)C=C1CN1CCCC2(CCN(c3nc(C)cc(C)n3)CC2)C1=O. The lowest BCUT2D eigenvalue weighted by molar-refractivity contribution is -0.147. The molecule has 0 bridgehead atoms. The van der Waals surface area contributed by atoms with Crippen molar-refractivity contribution in [1.82, 2.24) is 19.8 Å². The highest BCUT2D eigenvalue weighted by Crippen LogP contribution is 2.42. The Morgan fingerprint density at radius 2 is 1.79 bits per heavy atom. The highest BCUT2D eigenvalue weighted by atomic mass is 16.2. The summed E-state index contributed by atoms with van der Waals surface area (Å²) in [6.07, 6.45) is 14.3. The summed E-state index contributed by atoms with van der Waals surface area (Å²) in [6.45, 7) is 15.4. The number of amides is 1. The van der Waals surface area contributed by atoms with Crippen molar-refractivity contribution in [2.45, 2.75) is 46.5 Å². The van der Waals surface area contributed by atoms with Crippen molar-refractivity contribution in [1.29, 1.82) is 0 Å². The van der Waals surface area contributed by atoms with E-state index in [-0.39, 0.29) is 5.41 Å². The molecule has 0 atom stereocenters. The summed E-state index contributed by atoms with van der Waals surface area (Å²) in [6, 6.07) is 2.00. The molecule has 1 amide bonds. The molecule has 2 fully saturated rings. The first-order chi connectivity index (χ1) is 15.9. The van der Waals surface area contributed by atoms with Crippen LogP contribution in [0.25, 0.3) is 0 Å². The van der Waals surface area contributed by atoms with Gasteiger partial charge in [-0.05, 0) is 63.7 Å². The summed E-state index contributed by atoms with van der Waals surface area (Å²) in [7, 11) is 0. The van der Waals surface area contributed by atoms with E-state index in [0.717, 1.165) is 86.9 Å². The van der Waals surface area contributed by atoms with Crippen LogP contribution >= 0.6 is 0 Å². The number of rotatable bonds is 4. The Morgan fingerprint density at radius 1 is 1.06 bits per heavy atom. The maximum absolute atomic E-state index is 13.8. The van der Waals surface area contributed by atoms with Crippen LogP contribution in [0.2, 0.25) is 0 Å². The average Bonchev–Trinajstić information content (AvgIpc) is 2.88. The predicted octanol–water partition coefficient (Wildman–Crippen LogP) is 4.19. The topological polar surface area (TPSA) is 52.6 Å². The van der Waals surface area contributed by atoms with E-state index >= 15 is 0 Å². The molecule has 0 saturated carbocycles. The molecule has 0 radical (unpaired) electrons. The highest BCUT2D eigenvalue weighted by molar-refractivity contribution is 5.84. The second kappa shape index (κ2) is 9.94. The number of aryl methyl sites for hydroxylation is 2. The molecule has 0 N–H and O–H groups in total. The van der Waals surface area contributed by atoms with Gasteiger partial charge in [-0.25, -0.2) is 9.97 Å². The molecule has 4 heterocycles. The van der Waals surface area contributed by atoms with Crippen LogP contribution < -0.4 is 4.90 Å². The van der Waals surface area contributed by atoms with Gasteiger partial charge in [0.25, 0.3) is 0 Å². The Bertz CT molecular complexity index is 964. The standard InChI is InChI=1S/C27H37N5O/c1-5-30-14-8-6-7-10-21(2)24(19-30)20-32-15-9-11-27(25(32)33)12-16-31(17-13-27)26-28-22(3)18-23(4)29-26/h6-8,10,18-19H,2,5,9,11-17,20H2,1,3-4H3/b8-6-,10-7-,24-19?. The molecule has 1 aromatic heterocycles. The van der Waals surface area contributed by atoms with Gasteiger partial charge in [0.1, 0.15) is 0 Å². The maximum Gasteiger partial charge on any atom is 0.229 e. The first kappa shape index (κ1) is 23.3. The first-order valence-corrected chi connectivity index (χ1v) is 12.2. The Kier molecular flexibility index (Phi) is 7.01. The molecule has 6 heteroatoms. The van der Waals surface area contributed by atoms with Crippen LogP contribution in [0.5, 0.6) is 0 Å². The van der Waals surface area contributed by atoms with Crippen molar-refractivity contribution < 1.29 is 4.79 Å². The molecule has 0 aliphatic carbocycles. The van der Waals surface area contributed by atoms with Gasteiger partial charge in [0.15, 0.2) is 0 Å². The number of carbonyl (C=O) groups excluding carboxylic acids is 1. The minimum absolute atomic E-state index is 0.254. The van der Waals surface area contributed by atoms with Gasteiger partial charge < -0.3 is 14.7 Å². The molecule has 3 aliphatic heterocycles. The van der Waals surface area contributed by atoms with Crippen LogP contribution in [0.3, 0.4) is 0 Å². The second-order valence-corrected chi connectivity index (χ2v) is 9.60.